The fourth-order valence-electron chi connectivity index (χ4n) is 3.41. The average Bonchev–Trinajstić information content (AvgIpc) is 2.49. The van der Waals surface area contributed by atoms with Crippen LogP contribution in [0.25, 0.3) is 0 Å². The Hall–Kier alpha value is -0.910. The quantitative estimate of drug-likeness (QED) is 0.682. The zero-order valence-corrected chi connectivity index (χ0v) is 18.4. The molecule has 1 fully saturated rings. The van der Waals surface area contributed by atoms with E-state index in [1.54, 1.807) is 11.8 Å². The monoisotopic (exact) mass is 386 g/mol. The number of carbonyl (C=O) groups is 2. The van der Waals surface area contributed by atoms with Crippen LogP contribution in [0.15, 0.2) is 0 Å². The minimum atomic E-state index is -0.578. The number of rotatable bonds is 7. The molecule has 6 heteroatoms. The number of thioether (sulfide) groups is 1. The van der Waals surface area contributed by atoms with Gasteiger partial charge in [-0.15, -0.1) is 0 Å². The van der Waals surface area contributed by atoms with Crippen LogP contribution < -0.4 is 10.6 Å². The fourth-order valence-corrected chi connectivity index (χ4v) is 3.88. The second-order valence-corrected chi connectivity index (χ2v) is 10.1. The van der Waals surface area contributed by atoms with Crippen LogP contribution in [0.1, 0.15) is 73.6 Å². The normalized spacial score (nSPS) is 24.8. The van der Waals surface area contributed by atoms with E-state index >= 15 is 0 Å². The molecule has 2 amide bonds. The van der Waals surface area contributed by atoms with Crippen LogP contribution in [-0.2, 0) is 9.53 Å². The fraction of sp³-hybridized carbons (Fsp3) is 0.900. The highest BCUT2D eigenvalue weighted by Gasteiger charge is 2.35. The summed E-state index contributed by atoms with van der Waals surface area (Å²) >= 11 is 1.66. The zero-order chi connectivity index (χ0) is 20.0. The van der Waals surface area contributed by atoms with Gasteiger partial charge in [0, 0.05) is 5.54 Å². The van der Waals surface area contributed by atoms with Crippen LogP contribution in [0, 0.1) is 11.8 Å². The molecule has 0 aliphatic heterocycles. The Morgan fingerprint density at radius 2 is 1.81 bits per heavy atom. The van der Waals surface area contributed by atoms with Crippen molar-refractivity contribution in [1.82, 2.24) is 10.6 Å². The summed E-state index contributed by atoms with van der Waals surface area (Å²) in [7, 11) is 0. The van der Waals surface area contributed by atoms with Gasteiger partial charge in [-0.2, -0.15) is 11.8 Å². The predicted molar refractivity (Wildman–Crippen MR) is 110 cm³/mol. The molecule has 1 rings (SSSR count). The lowest BCUT2D eigenvalue weighted by Gasteiger charge is -2.40. The van der Waals surface area contributed by atoms with Gasteiger partial charge < -0.3 is 15.4 Å². The Labute approximate surface area is 163 Å². The van der Waals surface area contributed by atoms with E-state index in [0.717, 1.165) is 37.4 Å². The van der Waals surface area contributed by atoms with Gasteiger partial charge in [-0.3, -0.25) is 4.79 Å². The highest BCUT2D eigenvalue weighted by molar-refractivity contribution is 7.98. The number of alkyl carbamates (subject to hydrolysis) is 1. The van der Waals surface area contributed by atoms with Crippen LogP contribution in [-0.4, -0.2) is 41.2 Å². The van der Waals surface area contributed by atoms with Crippen LogP contribution in [0.2, 0.25) is 0 Å². The van der Waals surface area contributed by atoms with Crippen molar-refractivity contribution < 1.29 is 14.3 Å². The lowest BCUT2D eigenvalue weighted by Crippen LogP contribution is -2.56. The van der Waals surface area contributed by atoms with Crippen molar-refractivity contribution in [2.45, 2.75) is 90.8 Å². The van der Waals surface area contributed by atoms with Crippen molar-refractivity contribution in [3.8, 4) is 0 Å². The molecule has 0 radical (unpaired) electrons. The smallest absolute Gasteiger partial charge is 0.408 e. The van der Waals surface area contributed by atoms with Crippen LogP contribution in [0.3, 0.4) is 0 Å². The highest BCUT2D eigenvalue weighted by Crippen LogP contribution is 2.35. The van der Waals surface area contributed by atoms with Gasteiger partial charge in [-0.05, 0) is 83.6 Å². The van der Waals surface area contributed by atoms with Gasteiger partial charge in [0.05, 0.1) is 0 Å². The van der Waals surface area contributed by atoms with Crippen molar-refractivity contribution in [3.05, 3.63) is 0 Å². The van der Waals surface area contributed by atoms with E-state index in [1.165, 1.54) is 0 Å². The van der Waals surface area contributed by atoms with E-state index in [-0.39, 0.29) is 11.4 Å². The number of ether oxygens (including phenoxy) is 1. The maximum Gasteiger partial charge on any atom is 0.408 e. The minimum Gasteiger partial charge on any atom is -0.444 e. The van der Waals surface area contributed by atoms with Crippen LogP contribution in [0.5, 0.6) is 0 Å². The highest BCUT2D eigenvalue weighted by atomic mass is 32.2. The standard InChI is InChI=1S/C20H38N2O3S/c1-14(2)15-8-11-20(6,12-9-15)22-17(23)16(10-13-26-7)21-18(24)25-19(3,4)5/h14-16H,8-13H2,1-7H3,(H,21,24)(H,22,23)/t15?,16-,20?/m0/s1. The van der Waals surface area contributed by atoms with Gasteiger partial charge in [0.2, 0.25) is 5.91 Å². The third-order valence-corrected chi connectivity index (χ3v) is 5.76. The van der Waals surface area contributed by atoms with E-state index < -0.39 is 17.7 Å². The maximum atomic E-state index is 12.8. The molecule has 1 aliphatic rings. The third kappa shape index (κ3) is 8.19. The summed E-state index contributed by atoms with van der Waals surface area (Å²) in [6, 6.07) is -0.558. The van der Waals surface area contributed by atoms with Gasteiger partial charge >= 0.3 is 6.09 Å². The second kappa shape index (κ2) is 9.86. The maximum absolute atomic E-state index is 12.8. The van der Waals surface area contributed by atoms with Crippen LogP contribution >= 0.6 is 11.8 Å². The molecular weight excluding hydrogens is 348 g/mol. The Balaban J connectivity index is 2.66. The van der Waals surface area contributed by atoms with Crippen molar-refractivity contribution in [3.63, 3.8) is 0 Å². The first-order valence-electron chi connectivity index (χ1n) is 9.76. The Morgan fingerprint density at radius 1 is 1.23 bits per heavy atom. The lowest BCUT2D eigenvalue weighted by molar-refractivity contribution is -0.125. The summed E-state index contributed by atoms with van der Waals surface area (Å²) in [6.07, 6.45) is 6.32. The molecule has 5 nitrogen and oxygen atoms in total. The summed E-state index contributed by atoms with van der Waals surface area (Å²) in [5.74, 6) is 2.14. The lowest BCUT2D eigenvalue weighted by atomic mass is 9.73. The molecule has 0 bridgehead atoms. The molecule has 26 heavy (non-hydrogen) atoms. The molecule has 1 atom stereocenters. The summed E-state index contributed by atoms with van der Waals surface area (Å²) in [4.78, 5) is 25.0. The van der Waals surface area contributed by atoms with Gasteiger partial charge in [-0.25, -0.2) is 4.79 Å². The van der Waals surface area contributed by atoms with Crippen molar-refractivity contribution in [1.29, 1.82) is 0 Å². The van der Waals surface area contributed by atoms with Gasteiger partial charge in [0.1, 0.15) is 11.6 Å². The third-order valence-electron chi connectivity index (χ3n) is 5.12. The average molecular weight is 387 g/mol. The molecule has 0 unspecified atom stereocenters. The topological polar surface area (TPSA) is 67.4 Å². The number of carbonyl (C=O) groups excluding carboxylic acids is 2. The largest absolute Gasteiger partial charge is 0.444 e. The molecule has 1 saturated carbocycles. The van der Waals surface area contributed by atoms with Gasteiger partial charge in [-0.1, -0.05) is 13.8 Å². The first-order valence-corrected chi connectivity index (χ1v) is 11.2. The first-order chi connectivity index (χ1) is 12.0. The Bertz CT molecular complexity index is 466. The summed E-state index contributed by atoms with van der Waals surface area (Å²) in [5.41, 5.74) is -0.762. The second-order valence-electron chi connectivity index (χ2n) is 9.11. The van der Waals surface area contributed by atoms with Crippen LogP contribution in [0.4, 0.5) is 4.79 Å². The SMILES string of the molecule is CSCC[C@H](NC(=O)OC(C)(C)C)C(=O)NC1(C)CCC(C(C)C)CC1. The zero-order valence-electron chi connectivity index (χ0n) is 17.6. The number of amides is 2. The van der Waals surface area contributed by atoms with Gasteiger partial charge in [0.15, 0.2) is 0 Å². The molecule has 0 saturated heterocycles. The predicted octanol–water partition coefficient (Wildman–Crippen LogP) is 4.35. The molecule has 0 heterocycles. The molecule has 0 aromatic rings. The Kier molecular flexibility index (Phi) is 8.77. The summed E-state index contributed by atoms with van der Waals surface area (Å²) in [6.45, 7) is 12.1. The molecule has 0 aromatic carbocycles. The number of hydrogen-bond donors (Lipinski definition) is 2. The molecule has 2 N–H and O–H groups in total. The van der Waals surface area contributed by atoms with E-state index in [4.69, 9.17) is 4.74 Å². The van der Waals surface area contributed by atoms with Crippen molar-refractivity contribution in [2.24, 2.45) is 11.8 Å². The molecule has 0 aromatic heterocycles. The van der Waals surface area contributed by atoms with E-state index in [9.17, 15) is 9.59 Å². The molecular formula is C20H38N2O3S. The minimum absolute atomic E-state index is 0.101. The van der Waals surface area contributed by atoms with Gasteiger partial charge in [0.25, 0.3) is 0 Å². The summed E-state index contributed by atoms with van der Waals surface area (Å²) in [5, 5.41) is 5.97. The molecule has 152 valence electrons. The molecule has 1 aliphatic carbocycles. The van der Waals surface area contributed by atoms with E-state index in [1.807, 2.05) is 27.0 Å². The Morgan fingerprint density at radius 3 is 2.27 bits per heavy atom. The van der Waals surface area contributed by atoms with E-state index in [2.05, 4.69) is 31.4 Å². The van der Waals surface area contributed by atoms with Crippen molar-refractivity contribution >= 4 is 23.8 Å². The number of hydrogen-bond acceptors (Lipinski definition) is 4. The summed E-state index contributed by atoms with van der Waals surface area (Å²) < 4.78 is 5.32. The van der Waals surface area contributed by atoms with E-state index in [0.29, 0.717) is 12.3 Å². The first kappa shape index (κ1) is 23.1. The van der Waals surface area contributed by atoms with Crippen molar-refractivity contribution in [2.75, 3.05) is 12.0 Å². The number of nitrogens with one attached hydrogen (secondary N) is 2. The molecule has 0 spiro atoms.